The number of H-pyrrole nitrogens is 1. The summed E-state index contributed by atoms with van der Waals surface area (Å²) in [6.45, 7) is 1.05. The standard InChI is InChI=1S/C22H21F2N5O2/c1-27(7-8-28-14-25-13-26-28)22(31)29-12-16(19-11-17(23)5-6-20(19)24)10-21(29)15-3-2-4-18(30)9-15/h2-6,9-11,13-14,21,30H,7-8,12H2,1H3/p+1. The first kappa shape index (κ1) is 20.5. The van der Waals surface area contributed by atoms with Crippen LogP contribution in [0.15, 0.2) is 61.2 Å². The van der Waals surface area contributed by atoms with E-state index in [2.05, 4.69) is 10.1 Å². The highest BCUT2D eigenvalue weighted by atomic mass is 19.1. The maximum absolute atomic E-state index is 14.4. The lowest BCUT2D eigenvalue weighted by Crippen LogP contribution is -2.46. The number of benzene rings is 2. The number of aromatic hydroxyl groups is 1. The minimum Gasteiger partial charge on any atom is -0.508 e. The summed E-state index contributed by atoms with van der Waals surface area (Å²) in [5.41, 5.74) is 1.31. The average Bonchev–Trinajstić information content (AvgIpc) is 3.43. The molecule has 2 aromatic carbocycles. The molecule has 0 fully saturated rings. The first-order chi connectivity index (χ1) is 14.9. The lowest BCUT2D eigenvalue weighted by atomic mass is 10.0. The molecule has 1 aromatic heterocycles. The molecule has 2 N–H and O–H groups in total. The van der Waals surface area contributed by atoms with Crippen molar-refractivity contribution in [1.82, 2.24) is 19.9 Å². The van der Waals surface area contributed by atoms with E-state index in [1.807, 2.05) is 0 Å². The van der Waals surface area contributed by atoms with E-state index in [4.69, 9.17) is 0 Å². The second-order valence-corrected chi connectivity index (χ2v) is 7.40. The molecule has 31 heavy (non-hydrogen) atoms. The number of amides is 2. The molecule has 0 saturated carbocycles. The Hall–Kier alpha value is -3.75. The van der Waals surface area contributed by atoms with Gasteiger partial charge in [-0.1, -0.05) is 18.2 Å². The fraction of sp³-hybridized carbons (Fsp3) is 0.227. The predicted molar refractivity (Wildman–Crippen MR) is 109 cm³/mol. The molecule has 1 atom stereocenters. The van der Waals surface area contributed by atoms with Gasteiger partial charge in [0.25, 0.3) is 0 Å². The normalized spacial score (nSPS) is 15.8. The van der Waals surface area contributed by atoms with E-state index in [1.165, 1.54) is 6.07 Å². The van der Waals surface area contributed by atoms with E-state index in [1.54, 1.807) is 58.5 Å². The molecule has 1 aliphatic rings. The van der Waals surface area contributed by atoms with Gasteiger partial charge < -0.3 is 14.9 Å². The molecule has 0 spiro atoms. The molecule has 0 saturated heterocycles. The maximum atomic E-state index is 14.4. The van der Waals surface area contributed by atoms with Crippen molar-refractivity contribution >= 4 is 11.6 Å². The van der Waals surface area contributed by atoms with Gasteiger partial charge in [-0.25, -0.2) is 13.6 Å². The molecule has 1 aliphatic heterocycles. The van der Waals surface area contributed by atoms with Gasteiger partial charge in [-0.3, -0.25) is 0 Å². The molecule has 9 heteroatoms. The zero-order valence-corrected chi connectivity index (χ0v) is 16.9. The zero-order chi connectivity index (χ0) is 22.0. The largest absolute Gasteiger partial charge is 0.508 e. The number of halogens is 2. The van der Waals surface area contributed by atoms with Gasteiger partial charge in [0.05, 0.1) is 12.6 Å². The molecule has 2 amide bonds. The Kier molecular flexibility index (Phi) is 5.66. The van der Waals surface area contributed by atoms with Gasteiger partial charge in [0, 0.05) is 19.2 Å². The van der Waals surface area contributed by atoms with Crippen molar-refractivity contribution in [2.75, 3.05) is 20.1 Å². The molecular weight excluding hydrogens is 404 g/mol. The third-order valence-corrected chi connectivity index (χ3v) is 5.27. The van der Waals surface area contributed by atoms with Crippen molar-refractivity contribution in [1.29, 1.82) is 0 Å². The number of hydrogen-bond donors (Lipinski definition) is 2. The van der Waals surface area contributed by atoms with E-state index < -0.39 is 17.7 Å². The summed E-state index contributed by atoms with van der Waals surface area (Å²) in [4.78, 5) is 20.3. The van der Waals surface area contributed by atoms with E-state index in [-0.39, 0.29) is 23.9 Å². The summed E-state index contributed by atoms with van der Waals surface area (Å²) < 4.78 is 29.9. The van der Waals surface area contributed by atoms with Crippen molar-refractivity contribution < 1.29 is 23.4 Å². The van der Waals surface area contributed by atoms with Crippen LogP contribution in [0.2, 0.25) is 0 Å². The van der Waals surface area contributed by atoms with Crippen molar-refractivity contribution in [2.24, 2.45) is 0 Å². The van der Waals surface area contributed by atoms with E-state index >= 15 is 0 Å². The first-order valence-corrected chi connectivity index (χ1v) is 9.77. The summed E-state index contributed by atoms with van der Waals surface area (Å²) in [5.74, 6) is -1.04. The van der Waals surface area contributed by atoms with Crippen LogP contribution in [0.4, 0.5) is 13.6 Å². The van der Waals surface area contributed by atoms with Gasteiger partial charge in [-0.05, 0) is 46.5 Å². The quantitative estimate of drug-likeness (QED) is 0.616. The summed E-state index contributed by atoms with van der Waals surface area (Å²) in [6.07, 6.45) is 4.90. The molecule has 0 bridgehead atoms. The second kappa shape index (κ2) is 8.55. The van der Waals surface area contributed by atoms with Crippen molar-refractivity contribution in [3.8, 4) is 5.75 Å². The van der Waals surface area contributed by atoms with Gasteiger partial charge in [0.2, 0.25) is 6.33 Å². The van der Waals surface area contributed by atoms with Crippen LogP contribution in [-0.2, 0) is 6.54 Å². The monoisotopic (exact) mass is 426 g/mol. The van der Waals surface area contributed by atoms with Crippen LogP contribution in [0.3, 0.4) is 0 Å². The van der Waals surface area contributed by atoms with Gasteiger partial charge in [0.15, 0.2) is 0 Å². The maximum Gasteiger partial charge on any atom is 0.320 e. The molecule has 0 radical (unpaired) electrons. The van der Waals surface area contributed by atoms with E-state index in [9.17, 15) is 18.7 Å². The Bertz CT molecular complexity index is 1120. The number of phenols is 1. The first-order valence-electron chi connectivity index (χ1n) is 9.77. The minimum absolute atomic E-state index is 0.0627. The molecule has 160 valence electrons. The molecule has 1 unspecified atom stereocenters. The lowest BCUT2D eigenvalue weighted by molar-refractivity contribution is -0.750. The predicted octanol–water partition coefficient (Wildman–Crippen LogP) is 2.87. The van der Waals surface area contributed by atoms with Crippen LogP contribution >= 0.6 is 0 Å². The van der Waals surface area contributed by atoms with E-state index in [0.29, 0.717) is 24.2 Å². The Morgan fingerprint density at radius 3 is 2.90 bits per heavy atom. The number of phenolic OH excluding ortho intramolecular Hbond substituents is 1. The minimum atomic E-state index is -0.555. The fourth-order valence-electron chi connectivity index (χ4n) is 3.65. The van der Waals surface area contributed by atoms with Gasteiger partial charge in [0.1, 0.15) is 23.9 Å². The van der Waals surface area contributed by atoms with E-state index in [0.717, 1.165) is 18.2 Å². The Balaban J connectivity index is 1.62. The number of likely N-dealkylation sites (N-methyl/N-ethyl adjacent to an activating group) is 1. The lowest BCUT2D eigenvalue weighted by Gasteiger charge is -2.29. The number of rotatable bonds is 5. The number of carbonyl (C=O) groups is 1. The number of hydrogen-bond acceptors (Lipinski definition) is 3. The molecule has 2 heterocycles. The van der Waals surface area contributed by atoms with Crippen LogP contribution in [0.1, 0.15) is 17.2 Å². The summed E-state index contributed by atoms with van der Waals surface area (Å²) >= 11 is 0. The number of urea groups is 1. The van der Waals surface area contributed by atoms with Crippen LogP contribution in [0.5, 0.6) is 5.75 Å². The summed E-state index contributed by atoms with van der Waals surface area (Å²) in [5, 5.41) is 12.8. The highest BCUT2D eigenvalue weighted by Gasteiger charge is 2.33. The number of nitrogens with one attached hydrogen (secondary N) is 1. The summed E-state index contributed by atoms with van der Waals surface area (Å²) in [6, 6.07) is 9.04. The fourth-order valence-corrected chi connectivity index (χ4v) is 3.65. The number of aromatic nitrogens is 3. The number of carbonyl (C=O) groups excluding carboxylic acids is 1. The third kappa shape index (κ3) is 4.40. The Labute approximate surface area is 177 Å². The topological polar surface area (TPSA) is 76.3 Å². The smallest absolute Gasteiger partial charge is 0.320 e. The van der Waals surface area contributed by atoms with Crippen LogP contribution in [0.25, 0.3) is 5.57 Å². The van der Waals surface area contributed by atoms with Gasteiger partial charge in [-0.2, -0.15) is 9.78 Å². The molecule has 0 aliphatic carbocycles. The number of aromatic amines is 1. The highest BCUT2D eigenvalue weighted by Crippen LogP contribution is 2.37. The third-order valence-electron chi connectivity index (χ3n) is 5.27. The second-order valence-electron chi connectivity index (χ2n) is 7.40. The highest BCUT2D eigenvalue weighted by molar-refractivity contribution is 5.82. The molecule has 7 nitrogen and oxygen atoms in total. The van der Waals surface area contributed by atoms with Gasteiger partial charge >= 0.3 is 12.4 Å². The van der Waals surface area contributed by atoms with Crippen molar-refractivity contribution in [3.05, 3.63) is 84.0 Å². The Morgan fingerprint density at radius 1 is 1.32 bits per heavy atom. The Morgan fingerprint density at radius 2 is 2.16 bits per heavy atom. The van der Waals surface area contributed by atoms with Crippen LogP contribution in [-0.4, -0.2) is 51.2 Å². The van der Waals surface area contributed by atoms with Crippen LogP contribution in [0, 0.1) is 11.6 Å². The zero-order valence-electron chi connectivity index (χ0n) is 16.9. The van der Waals surface area contributed by atoms with Crippen molar-refractivity contribution in [3.63, 3.8) is 0 Å². The van der Waals surface area contributed by atoms with Crippen molar-refractivity contribution in [2.45, 2.75) is 12.6 Å². The summed E-state index contributed by atoms with van der Waals surface area (Å²) in [7, 11) is 1.68. The molecule has 3 aromatic rings. The van der Waals surface area contributed by atoms with Crippen LogP contribution < -0.4 is 4.68 Å². The number of nitrogens with zero attached hydrogens (tertiary/aromatic N) is 4. The molecule has 4 rings (SSSR count). The average molecular weight is 426 g/mol. The molecular formula is C22H22F2N5O2+. The van der Waals surface area contributed by atoms with Gasteiger partial charge in [-0.15, -0.1) is 0 Å². The SMILES string of the molecule is CN(CC[n+]1cnc[nH]1)C(=O)N1CC(c2cc(F)ccc2F)=CC1c1cccc(O)c1.